The van der Waals surface area contributed by atoms with Gasteiger partial charge in [0.25, 0.3) is 5.22 Å². The van der Waals surface area contributed by atoms with Gasteiger partial charge in [0.2, 0.25) is 11.8 Å². The lowest BCUT2D eigenvalue weighted by atomic mass is 10.1. The van der Waals surface area contributed by atoms with Crippen LogP contribution in [0.1, 0.15) is 24.2 Å². The van der Waals surface area contributed by atoms with Gasteiger partial charge in [-0.1, -0.05) is 11.8 Å². The lowest BCUT2D eigenvalue weighted by Gasteiger charge is -2.10. The Hall–Kier alpha value is -3.00. The van der Waals surface area contributed by atoms with E-state index in [-0.39, 0.29) is 11.7 Å². The zero-order chi connectivity index (χ0) is 18.5. The second-order valence-electron chi connectivity index (χ2n) is 5.49. The van der Waals surface area contributed by atoms with E-state index < -0.39 is 5.25 Å². The Balaban J connectivity index is 1.61. The number of carbonyl (C=O) groups is 2. The molecular weight excluding hydrogens is 352 g/mol. The molecule has 1 amide bonds. The largest absolute Gasteiger partial charge is 0.411 e. The first-order valence-electron chi connectivity index (χ1n) is 7.85. The lowest BCUT2D eigenvalue weighted by Crippen LogP contribution is -2.22. The Labute approximate surface area is 154 Å². The Morgan fingerprint density at radius 3 is 2.42 bits per heavy atom. The van der Waals surface area contributed by atoms with Gasteiger partial charge in [-0.25, -0.2) is 0 Å². The number of ketones is 1. The average Bonchev–Trinajstić information content (AvgIpc) is 3.11. The van der Waals surface area contributed by atoms with Crippen LogP contribution in [0.15, 0.2) is 58.4 Å². The van der Waals surface area contributed by atoms with Crippen molar-refractivity contribution in [3.8, 4) is 11.5 Å². The van der Waals surface area contributed by atoms with Crippen molar-refractivity contribution >= 4 is 29.1 Å². The molecule has 3 aromatic rings. The molecule has 7 nitrogen and oxygen atoms in total. The van der Waals surface area contributed by atoms with Crippen LogP contribution in [-0.2, 0) is 4.79 Å². The molecule has 1 aromatic carbocycles. The molecular formula is C18H16N4O3S. The van der Waals surface area contributed by atoms with Crippen LogP contribution in [-0.4, -0.2) is 32.1 Å². The zero-order valence-electron chi connectivity index (χ0n) is 14.2. The number of nitrogens with zero attached hydrogens (tertiary/aromatic N) is 3. The van der Waals surface area contributed by atoms with Crippen LogP contribution in [0.25, 0.3) is 11.5 Å². The highest BCUT2D eigenvalue weighted by Gasteiger charge is 2.19. The van der Waals surface area contributed by atoms with Crippen LogP contribution in [0.4, 0.5) is 5.69 Å². The quantitative estimate of drug-likeness (QED) is 0.525. The van der Waals surface area contributed by atoms with Crippen LogP contribution in [0, 0.1) is 0 Å². The molecule has 8 heteroatoms. The highest BCUT2D eigenvalue weighted by Crippen LogP contribution is 2.26. The van der Waals surface area contributed by atoms with Crippen LogP contribution in [0.3, 0.4) is 0 Å². The topological polar surface area (TPSA) is 98.0 Å². The summed E-state index contributed by atoms with van der Waals surface area (Å²) >= 11 is 1.17. The van der Waals surface area contributed by atoms with Gasteiger partial charge in [0.05, 0.1) is 5.25 Å². The maximum Gasteiger partial charge on any atom is 0.277 e. The van der Waals surface area contributed by atoms with E-state index in [9.17, 15) is 9.59 Å². The first-order valence-corrected chi connectivity index (χ1v) is 8.73. The molecule has 132 valence electrons. The van der Waals surface area contributed by atoms with Gasteiger partial charge >= 0.3 is 0 Å². The highest BCUT2D eigenvalue weighted by molar-refractivity contribution is 8.00. The summed E-state index contributed by atoms with van der Waals surface area (Å²) in [6, 6.07) is 10.3. The summed E-state index contributed by atoms with van der Waals surface area (Å²) in [4.78, 5) is 27.5. The maximum absolute atomic E-state index is 12.3. The SMILES string of the molecule is CC(=O)c1ccc(NC(=O)[C@H](C)Sc2nnc(-c3ccncc3)o2)cc1. The summed E-state index contributed by atoms with van der Waals surface area (Å²) in [5.41, 5.74) is 1.98. The van der Waals surface area contributed by atoms with E-state index in [2.05, 4.69) is 20.5 Å². The molecule has 3 rings (SSSR count). The van der Waals surface area contributed by atoms with E-state index in [1.165, 1.54) is 18.7 Å². The number of carbonyl (C=O) groups excluding carboxylic acids is 2. The average molecular weight is 368 g/mol. The van der Waals surface area contributed by atoms with Gasteiger partial charge < -0.3 is 9.73 Å². The Kier molecular flexibility index (Phi) is 5.43. The number of hydrogen-bond donors (Lipinski definition) is 1. The molecule has 0 saturated carbocycles. The number of amides is 1. The number of anilines is 1. The van der Waals surface area contributed by atoms with Crippen LogP contribution >= 0.6 is 11.8 Å². The van der Waals surface area contributed by atoms with Crippen LogP contribution < -0.4 is 5.32 Å². The van der Waals surface area contributed by atoms with Gasteiger partial charge in [0.1, 0.15) is 0 Å². The fourth-order valence-corrected chi connectivity index (χ4v) is 2.79. The highest BCUT2D eigenvalue weighted by atomic mass is 32.2. The van der Waals surface area contributed by atoms with Crippen LogP contribution in [0.5, 0.6) is 0 Å². The van der Waals surface area contributed by atoms with E-state index in [0.717, 1.165) is 5.56 Å². The summed E-state index contributed by atoms with van der Waals surface area (Å²) in [7, 11) is 0. The number of benzene rings is 1. The molecule has 1 N–H and O–H groups in total. The molecule has 26 heavy (non-hydrogen) atoms. The molecule has 0 unspecified atom stereocenters. The number of hydrogen-bond acceptors (Lipinski definition) is 7. The third-order valence-electron chi connectivity index (χ3n) is 3.54. The van der Waals surface area contributed by atoms with Gasteiger partial charge in [0.15, 0.2) is 5.78 Å². The van der Waals surface area contributed by atoms with Gasteiger partial charge in [0, 0.05) is 29.2 Å². The summed E-state index contributed by atoms with van der Waals surface area (Å²) in [6.45, 7) is 3.25. The van der Waals surface area contributed by atoms with E-state index >= 15 is 0 Å². The van der Waals surface area contributed by atoms with Crippen molar-refractivity contribution in [3.63, 3.8) is 0 Å². The summed E-state index contributed by atoms with van der Waals surface area (Å²) < 4.78 is 5.58. The Bertz CT molecular complexity index is 910. The van der Waals surface area contributed by atoms with E-state index in [0.29, 0.717) is 22.4 Å². The number of aromatic nitrogens is 3. The fraction of sp³-hybridized carbons (Fsp3) is 0.167. The summed E-state index contributed by atoms with van der Waals surface area (Å²) in [5, 5.41) is 10.6. The molecule has 0 fully saturated rings. The van der Waals surface area contributed by atoms with Crippen molar-refractivity contribution in [1.82, 2.24) is 15.2 Å². The summed E-state index contributed by atoms with van der Waals surface area (Å²) in [6.07, 6.45) is 3.28. The van der Waals surface area contributed by atoms with Gasteiger partial charge in [-0.05, 0) is 50.2 Å². The predicted octanol–water partition coefficient (Wildman–Crippen LogP) is 3.45. The van der Waals surface area contributed by atoms with Crippen molar-refractivity contribution in [2.24, 2.45) is 0 Å². The monoisotopic (exact) mass is 368 g/mol. The van der Waals surface area contributed by atoms with Gasteiger partial charge in [-0.3, -0.25) is 14.6 Å². The molecule has 2 aromatic heterocycles. The maximum atomic E-state index is 12.3. The molecule has 0 saturated heterocycles. The Morgan fingerprint density at radius 2 is 1.77 bits per heavy atom. The third-order valence-corrected chi connectivity index (χ3v) is 4.47. The third kappa shape index (κ3) is 4.34. The number of nitrogens with one attached hydrogen (secondary N) is 1. The Morgan fingerprint density at radius 1 is 1.08 bits per heavy atom. The minimum Gasteiger partial charge on any atom is -0.411 e. The smallest absolute Gasteiger partial charge is 0.277 e. The predicted molar refractivity (Wildman–Crippen MR) is 97.9 cm³/mol. The molecule has 1 atom stereocenters. The fourth-order valence-electron chi connectivity index (χ4n) is 2.11. The zero-order valence-corrected chi connectivity index (χ0v) is 15.0. The second kappa shape index (κ2) is 7.92. The normalized spacial score (nSPS) is 11.8. The van der Waals surface area contributed by atoms with E-state index in [1.807, 2.05) is 0 Å². The molecule has 0 bridgehead atoms. The van der Waals surface area contributed by atoms with E-state index in [1.54, 1.807) is 55.7 Å². The van der Waals surface area contributed by atoms with Gasteiger partial charge in [-0.2, -0.15) is 0 Å². The number of pyridine rings is 1. The van der Waals surface area contributed by atoms with Crippen molar-refractivity contribution < 1.29 is 14.0 Å². The lowest BCUT2D eigenvalue weighted by molar-refractivity contribution is -0.115. The standard InChI is InChI=1S/C18H16N4O3S/c1-11(23)13-3-5-15(6-4-13)20-16(24)12(2)26-18-22-21-17(25-18)14-7-9-19-10-8-14/h3-10,12H,1-2H3,(H,20,24)/t12-/m0/s1. The van der Waals surface area contributed by atoms with Crippen molar-refractivity contribution in [1.29, 1.82) is 0 Å². The second-order valence-corrected chi connectivity index (χ2v) is 6.78. The number of thioether (sulfide) groups is 1. The minimum atomic E-state index is -0.437. The van der Waals surface area contributed by atoms with Crippen molar-refractivity contribution in [2.75, 3.05) is 5.32 Å². The molecule has 0 radical (unpaired) electrons. The first-order chi connectivity index (χ1) is 12.5. The first kappa shape index (κ1) is 17.8. The van der Waals surface area contributed by atoms with Crippen LogP contribution in [0.2, 0.25) is 0 Å². The molecule has 0 aliphatic carbocycles. The van der Waals surface area contributed by atoms with E-state index in [4.69, 9.17) is 4.42 Å². The minimum absolute atomic E-state index is 0.0202. The molecule has 0 spiro atoms. The van der Waals surface area contributed by atoms with Crippen molar-refractivity contribution in [3.05, 3.63) is 54.4 Å². The number of rotatable bonds is 6. The number of Topliss-reactive ketones (excluding diaryl/α,β-unsaturated/α-hetero) is 1. The van der Waals surface area contributed by atoms with Gasteiger partial charge in [-0.15, -0.1) is 10.2 Å². The molecule has 2 heterocycles. The van der Waals surface area contributed by atoms with Crippen molar-refractivity contribution in [2.45, 2.75) is 24.3 Å². The molecule has 0 aliphatic rings. The summed E-state index contributed by atoms with van der Waals surface area (Å²) in [5.74, 6) is 0.157. The molecule has 0 aliphatic heterocycles.